The fourth-order valence-corrected chi connectivity index (χ4v) is 4.15. The Morgan fingerprint density at radius 1 is 1.13 bits per heavy atom. The largest absolute Gasteiger partial charge is 0.506 e. The molecular formula is C24H23ClF3N5O6. The van der Waals surface area contributed by atoms with Gasteiger partial charge in [-0.05, 0) is 30.7 Å². The molecule has 15 heteroatoms. The molecular weight excluding hydrogens is 547 g/mol. The van der Waals surface area contributed by atoms with Crippen molar-refractivity contribution >= 4 is 30.2 Å². The Kier molecular flexibility index (Phi) is 8.10. The summed E-state index contributed by atoms with van der Waals surface area (Å²) in [5, 5.41) is 25.9. The van der Waals surface area contributed by atoms with Gasteiger partial charge in [-0.25, -0.2) is 0 Å². The van der Waals surface area contributed by atoms with E-state index in [9.17, 15) is 37.5 Å². The van der Waals surface area contributed by atoms with E-state index in [1.165, 1.54) is 21.7 Å². The van der Waals surface area contributed by atoms with Crippen molar-refractivity contribution in [1.82, 2.24) is 24.6 Å². The maximum atomic E-state index is 13.4. The van der Waals surface area contributed by atoms with E-state index in [1.54, 1.807) is 20.0 Å². The van der Waals surface area contributed by atoms with Gasteiger partial charge in [0.25, 0.3) is 17.4 Å². The van der Waals surface area contributed by atoms with Crippen LogP contribution in [0.2, 0.25) is 0 Å². The molecule has 3 aromatic rings. The number of fused-ring (bicyclic) bond motifs is 1. The molecule has 1 aliphatic heterocycles. The van der Waals surface area contributed by atoms with Gasteiger partial charge < -0.3 is 25.0 Å². The molecule has 11 nitrogen and oxygen atoms in total. The first kappa shape index (κ1) is 29.2. The number of halogens is 4. The first-order valence-corrected chi connectivity index (χ1v) is 11.2. The Morgan fingerprint density at radius 3 is 2.31 bits per heavy atom. The summed E-state index contributed by atoms with van der Waals surface area (Å²) >= 11 is 0. The minimum absolute atomic E-state index is 0. The van der Waals surface area contributed by atoms with Crippen molar-refractivity contribution in [2.75, 3.05) is 6.54 Å². The number of benzene rings is 1. The van der Waals surface area contributed by atoms with E-state index < -0.39 is 52.9 Å². The molecule has 4 rings (SSSR count). The van der Waals surface area contributed by atoms with E-state index in [1.807, 2.05) is 5.32 Å². The van der Waals surface area contributed by atoms with Crippen molar-refractivity contribution in [2.24, 2.45) is 7.05 Å². The van der Waals surface area contributed by atoms with Gasteiger partial charge in [-0.1, -0.05) is 12.1 Å². The van der Waals surface area contributed by atoms with E-state index in [0.29, 0.717) is 5.69 Å². The van der Waals surface area contributed by atoms with Crippen molar-refractivity contribution in [3.63, 3.8) is 0 Å². The molecule has 0 bridgehead atoms. The normalized spacial score (nSPS) is 12.6. The van der Waals surface area contributed by atoms with Crippen LogP contribution in [0.3, 0.4) is 0 Å². The monoisotopic (exact) mass is 569 g/mol. The van der Waals surface area contributed by atoms with Crippen molar-refractivity contribution in [2.45, 2.75) is 32.7 Å². The SMILES string of the molecule is Cc1cc(C(=O)N2Cc3c(O)c(C(=O)NCC(=O)O)c(=O)n(Cc4ccc(C(F)(F)F)cc4)c3C2)nn1C.Cl. The number of carbonyl (C=O) groups excluding carboxylic acids is 2. The summed E-state index contributed by atoms with van der Waals surface area (Å²) in [5.41, 5.74) is -1.23. The maximum absolute atomic E-state index is 13.4. The van der Waals surface area contributed by atoms with Crippen LogP contribution >= 0.6 is 12.4 Å². The average molecular weight is 570 g/mol. The molecule has 0 radical (unpaired) electrons. The first-order chi connectivity index (χ1) is 17.8. The van der Waals surface area contributed by atoms with E-state index >= 15 is 0 Å². The molecule has 0 atom stereocenters. The number of aryl methyl sites for hydroxylation is 2. The second-order valence-corrected chi connectivity index (χ2v) is 8.77. The number of aromatic nitrogens is 3. The number of nitrogens with one attached hydrogen (secondary N) is 1. The second-order valence-electron chi connectivity index (χ2n) is 8.77. The van der Waals surface area contributed by atoms with E-state index in [0.717, 1.165) is 16.7 Å². The van der Waals surface area contributed by atoms with Crippen LogP contribution in [-0.2, 0) is 37.7 Å². The minimum atomic E-state index is -4.56. The summed E-state index contributed by atoms with van der Waals surface area (Å²) in [7, 11) is 1.65. The molecule has 0 fully saturated rings. The summed E-state index contributed by atoms with van der Waals surface area (Å²) in [6, 6.07) is 5.60. The molecule has 3 heterocycles. The number of hydrogen-bond donors (Lipinski definition) is 3. The third kappa shape index (κ3) is 5.74. The predicted octanol–water partition coefficient (Wildman–Crippen LogP) is 2.06. The number of aromatic hydroxyl groups is 1. The number of amides is 2. The van der Waals surface area contributed by atoms with Gasteiger partial charge in [-0.2, -0.15) is 18.3 Å². The lowest BCUT2D eigenvalue weighted by Gasteiger charge is -2.16. The molecule has 0 unspecified atom stereocenters. The standard InChI is InChI=1S/C24H22F3N5O6.ClH/c1-12-7-16(29-30(12)2)22(37)31-10-15-17(11-31)32(9-13-3-5-14(6-4-13)24(25,26)27)23(38)19(20(15)35)21(36)28-8-18(33)34;/h3-7,35H,8-11H2,1-2H3,(H,28,36)(H,33,34);1H. The summed E-state index contributed by atoms with van der Waals surface area (Å²) in [6.45, 7) is 0.311. The number of aliphatic carboxylic acids is 1. The molecule has 2 aromatic heterocycles. The zero-order valence-corrected chi connectivity index (χ0v) is 21.4. The topological polar surface area (TPSA) is 147 Å². The van der Waals surface area contributed by atoms with E-state index in [4.69, 9.17) is 5.11 Å². The number of alkyl halides is 3. The van der Waals surface area contributed by atoms with Crippen LogP contribution in [-0.4, -0.2) is 53.8 Å². The zero-order chi connectivity index (χ0) is 27.9. The molecule has 208 valence electrons. The molecule has 39 heavy (non-hydrogen) atoms. The third-order valence-corrected chi connectivity index (χ3v) is 6.21. The lowest BCUT2D eigenvalue weighted by molar-refractivity contribution is -0.138. The number of carbonyl (C=O) groups is 3. The summed E-state index contributed by atoms with van der Waals surface area (Å²) in [5.74, 6) is -3.74. The molecule has 1 aliphatic rings. The Morgan fingerprint density at radius 2 is 1.77 bits per heavy atom. The molecule has 2 amide bonds. The summed E-state index contributed by atoms with van der Waals surface area (Å²) in [4.78, 5) is 51.3. The van der Waals surface area contributed by atoms with Gasteiger partial charge in [0.05, 0.1) is 25.2 Å². The molecule has 0 saturated heterocycles. The molecule has 0 spiro atoms. The lowest BCUT2D eigenvalue weighted by atomic mass is 10.1. The zero-order valence-electron chi connectivity index (χ0n) is 20.6. The van der Waals surface area contributed by atoms with Crippen LogP contribution in [0.15, 0.2) is 35.1 Å². The van der Waals surface area contributed by atoms with Crippen LogP contribution < -0.4 is 10.9 Å². The van der Waals surface area contributed by atoms with Crippen LogP contribution in [0.1, 0.15) is 48.9 Å². The first-order valence-electron chi connectivity index (χ1n) is 11.2. The van der Waals surface area contributed by atoms with Crippen LogP contribution in [0.25, 0.3) is 0 Å². The highest BCUT2D eigenvalue weighted by atomic mass is 35.5. The van der Waals surface area contributed by atoms with Gasteiger partial charge in [0.1, 0.15) is 17.9 Å². The number of nitrogens with zero attached hydrogens (tertiary/aromatic N) is 4. The average Bonchev–Trinajstić information content (AvgIpc) is 3.43. The summed E-state index contributed by atoms with van der Waals surface area (Å²) < 4.78 is 41.5. The van der Waals surface area contributed by atoms with E-state index in [2.05, 4.69) is 5.10 Å². The number of rotatable bonds is 6. The van der Waals surface area contributed by atoms with Crippen LogP contribution in [0.4, 0.5) is 13.2 Å². The third-order valence-electron chi connectivity index (χ3n) is 6.21. The number of pyridine rings is 1. The van der Waals surface area contributed by atoms with E-state index in [-0.39, 0.29) is 54.6 Å². The number of carboxylic acids is 1. The van der Waals surface area contributed by atoms with Gasteiger partial charge in [-0.15, -0.1) is 12.4 Å². The van der Waals surface area contributed by atoms with Crippen molar-refractivity contribution in [3.8, 4) is 5.75 Å². The Bertz CT molecular complexity index is 1490. The van der Waals surface area contributed by atoms with Crippen LogP contribution in [0.5, 0.6) is 5.75 Å². The second kappa shape index (κ2) is 10.8. The lowest BCUT2D eigenvalue weighted by Crippen LogP contribution is -2.37. The van der Waals surface area contributed by atoms with Gasteiger partial charge in [0.2, 0.25) is 0 Å². The smallest absolute Gasteiger partial charge is 0.416 e. The van der Waals surface area contributed by atoms with Crippen LogP contribution in [0, 0.1) is 6.92 Å². The highest BCUT2D eigenvalue weighted by Gasteiger charge is 2.35. The highest BCUT2D eigenvalue weighted by molar-refractivity contribution is 5.98. The number of hydrogen-bond acceptors (Lipinski definition) is 6. The van der Waals surface area contributed by atoms with Crippen molar-refractivity contribution in [3.05, 3.63) is 80.0 Å². The fourth-order valence-electron chi connectivity index (χ4n) is 4.15. The molecule has 3 N–H and O–H groups in total. The minimum Gasteiger partial charge on any atom is -0.506 e. The predicted molar refractivity (Wildman–Crippen MR) is 132 cm³/mol. The number of carboxylic acid groups (broad SMARTS) is 1. The summed E-state index contributed by atoms with van der Waals surface area (Å²) in [6.07, 6.45) is -4.56. The van der Waals surface area contributed by atoms with Crippen molar-refractivity contribution in [1.29, 1.82) is 0 Å². The fraction of sp³-hybridized carbons (Fsp3) is 0.292. The maximum Gasteiger partial charge on any atom is 0.416 e. The molecule has 1 aromatic carbocycles. The molecule has 0 aliphatic carbocycles. The Balaban J connectivity index is 0.00000420. The van der Waals surface area contributed by atoms with Gasteiger partial charge >= 0.3 is 12.1 Å². The van der Waals surface area contributed by atoms with Gasteiger partial charge in [0, 0.05) is 24.0 Å². The quantitative estimate of drug-likeness (QED) is 0.412. The van der Waals surface area contributed by atoms with Gasteiger partial charge in [-0.3, -0.25) is 23.9 Å². The molecule has 0 saturated carbocycles. The Labute approximate surface area is 224 Å². The van der Waals surface area contributed by atoms with Gasteiger partial charge in [0.15, 0.2) is 5.69 Å². The van der Waals surface area contributed by atoms with Crippen molar-refractivity contribution < 1.29 is 37.8 Å². The Hall–Kier alpha value is -4.33. The highest BCUT2D eigenvalue weighted by Crippen LogP contribution is 2.33.